The lowest BCUT2D eigenvalue weighted by Crippen LogP contribution is -2.34. The Labute approximate surface area is 141 Å². The molecular weight excluding hydrogens is 349 g/mol. The first-order chi connectivity index (χ1) is 11.1. The van der Waals surface area contributed by atoms with Crippen LogP contribution in [0.3, 0.4) is 0 Å². The molecule has 2 rings (SSSR count). The van der Waals surface area contributed by atoms with Gasteiger partial charge in [0.25, 0.3) is 5.91 Å². The van der Waals surface area contributed by atoms with Gasteiger partial charge in [-0.15, -0.1) is 0 Å². The number of halogens is 4. The maximum absolute atomic E-state index is 13.0. The van der Waals surface area contributed by atoms with Gasteiger partial charge in [0.05, 0.1) is 17.4 Å². The van der Waals surface area contributed by atoms with Crippen LogP contribution in [-0.2, 0) is 4.79 Å². The van der Waals surface area contributed by atoms with E-state index in [1.165, 1.54) is 6.07 Å². The predicted octanol–water partition coefficient (Wildman–Crippen LogP) is 3.11. The second kappa shape index (κ2) is 6.88. The number of hydrogen-bond donors (Lipinski definition) is 2. The molecule has 2 atom stereocenters. The summed E-state index contributed by atoms with van der Waals surface area (Å²) in [5.74, 6) is -5.99. The second-order valence-corrected chi connectivity index (χ2v) is 5.96. The lowest BCUT2D eigenvalue weighted by atomic mass is 9.96. The fourth-order valence-corrected chi connectivity index (χ4v) is 2.93. The number of rotatable bonds is 4. The molecule has 0 spiro atoms. The van der Waals surface area contributed by atoms with E-state index in [2.05, 4.69) is 5.32 Å². The van der Waals surface area contributed by atoms with Crippen LogP contribution < -0.4 is 5.32 Å². The average molecular weight is 365 g/mol. The van der Waals surface area contributed by atoms with Crippen LogP contribution >= 0.6 is 11.6 Å². The molecule has 9 heteroatoms. The first kappa shape index (κ1) is 18.4. The van der Waals surface area contributed by atoms with Gasteiger partial charge in [0, 0.05) is 30.3 Å². The van der Waals surface area contributed by atoms with Gasteiger partial charge in [0.15, 0.2) is 0 Å². The first-order valence-electron chi connectivity index (χ1n) is 7.27. The van der Waals surface area contributed by atoms with Crippen molar-refractivity contribution in [3.63, 3.8) is 0 Å². The molecule has 1 aromatic carbocycles. The highest BCUT2D eigenvalue weighted by Gasteiger charge is 2.53. The number of nitrogens with zero attached hydrogens (tertiary/aromatic N) is 1. The molecule has 1 amide bonds. The largest absolute Gasteiger partial charge is 0.481 e. The smallest absolute Gasteiger partial charge is 0.394 e. The zero-order valence-electron chi connectivity index (χ0n) is 12.7. The van der Waals surface area contributed by atoms with E-state index in [0.29, 0.717) is 12.2 Å². The van der Waals surface area contributed by atoms with Crippen molar-refractivity contribution < 1.29 is 27.9 Å². The van der Waals surface area contributed by atoms with E-state index in [1.807, 2.05) is 0 Å². The number of amides is 1. The molecule has 1 saturated heterocycles. The molecule has 1 aliphatic heterocycles. The number of anilines is 1. The van der Waals surface area contributed by atoms with E-state index < -0.39 is 43.0 Å². The van der Waals surface area contributed by atoms with Crippen molar-refractivity contribution >= 4 is 29.2 Å². The van der Waals surface area contributed by atoms with Crippen LogP contribution in [0.2, 0.25) is 5.02 Å². The SMILES string of the molecule is CCNc1ccc(Cl)cc1C(=O)N1C[C@@H](C(F)(F)F)[C@H](C(=O)O)C1. The van der Waals surface area contributed by atoms with Gasteiger partial charge in [-0.2, -0.15) is 13.2 Å². The summed E-state index contributed by atoms with van der Waals surface area (Å²) in [7, 11) is 0. The summed E-state index contributed by atoms with van der Waals surface area (Å²) in [5, 5.41) is 12.2. The van der Waals surface area contributed by atoms with Gasteiger partial charge in [0.2, 0.25) is 0 Å². The molecule has 132 valence electrons. The van der Waals surface area contributed by atoms with Gasteiger partial charge in [0.1, 0.15) is 0 Å². The summed E-state index contributed by atoms with van der Waals surface area (Å²) in [5.41, 5.74) is 0.561. The second-order valence-electron chi connectivity index (χ2n) is 5.52. The molecule has 0 saturated carbocycles. The standard InChI is InChI=1S/C15H16ClF3N2O3/c1-2-20-12-4-3-8(16)5-9(12)13(22)21-6-10(14(23)24)11(7-21)15(17,18)19/h3-5,10-11,20H,2,6-7H2,1H3,(H,23,24)/t10-,11-/m1/s1. The Morgan fingerprint density at radius 3 is 2.54 bits per heavy atom. The zero-order valence-corrected chi connectivity index (χ0v) is 13.5. The highest BCUT2D eigenvalue weighted by atomic mass is 35.5. The topological polar surface area (TPSA) is 69.6 Å². The molecule has 0 aliphatic carbocycles. The van der Waals surface area contributed by atoms with Crippen molar-refractivity contribution in [3.8, 4) is 0 Å². The van der Waals surface area contributed by atoms with E-state index in [4.69, 9.17) is 16.7 Å². The van der Waals surface area contributed by atoms with Crippen molar-refractivity contribution in [2.45, 2.75) is 13.1 Å². The third-order valence-corrected chi connectivity index (χ3v) is 4.16. The van der Waals surface area contributed by atoms with Gasteiger partial charge in [-0.3, -0.25) is 9.59 Å². The number of carboxylic acid groups (broad SMARTS) is 1. The van der Waals surface area contributed by atoms with E-state index in [1.54, 1.807) is 19.1 Å². The minimum Gasteiger partial charge on any atom is -0.481 e. The maximum Gasteiger partial charge on any atom is 0.394 e. The third-order valence-electron chi connectivity index (χ3n) is 3.92. The molecule has 2 N–H and O–H groups in total. The highest BCUT2D eigenvalue weighted by molar-refractivity contribution is 6.31. The van der Waals surface area contributed by atoms with Crippen LogP contribution in [0.25, 0.3) is 0 Å². The molecule has 1 heterocycles. The molecule has 1 fully saturated rings. The molecule has 24 heavy (non-hydrogen) atoms. The molecule has 0 aromatic heterocycles. The van der Waals surface area contributed by atoms with Crippen LogP contribution in [-0.4, -0.2) is 47.7 Å². The number of likely N-dealkylation sites (tertiary alicyclic amines) is 1. The number of carboxylic acids is 1. The van der Waals surface area contributed by atoms with Gasteiger partial charge in [-0.25, -0.2) is 0 Å². The van der Waals surface area contributed by atoms with Gasteiger partial charge in [-0.1, -0.05) is 11.6 Å². The summed E-state index contributed by atoms with van der Waals surface area (Å²) in [6, 6.07) is 4.47. The molecular formula is C15H16ClF3N2O3. The Balaban J connectivity index is 2.31. The van der Waals surface area contributed by atoms with Crippen molar-refractivity contribution in [1.29, 1.82) is 0 Å². The lowest BCUT2D eigenvalue weighted by Gasteiger charge is -2.20. The number of hydrogen-bond acceptors (Lipinski definition) is 3. The quantitative estimate of drug-likeness (QED) is 0.861. The first-order valence-corrected chi connectivity index (χ1v) is 7.65. The fraction of sp³-hybridized carbons (Fsp3) is 0.467. The van der Waals surface area contributed by atoms with Crippen molar-refractivity contribution in [2.75, 3.05) is 25.0 Å². The van der Waals surface area contributed by atoms with Gasteiger partial charge in [-0.05, 0) is 25.1 Å². The third kappa shape index (κ3) is 3.75. The summed E-state index contributed by atoms with van der Waals surface area (Å²) in [4.78, 5) is 24.6. The Hall–Kier alpha value is -1.96. The Bertz CT molecular complexity index is 651. The summed E-state index contributed by atoms with van der Waals surface area (Å²) < 4.78 is 39.1. The molecule has 0 radical (unpaired) electrons. The van der Waals surface area contributed by atoms with Crippen LogP contribution in [0.1, 0.15) is 17.3 Å². The fourth-order valence-electron chi connectivity index (χ4n) is 2.76. The molecule has 5 nitrogen and oxygen atoms in total. The summed E-state index contributed by atoms with van der Waals surface area (Å²) in [6.45, 7) is 1.14. The van der Waals surface area contributed by atoms with E-state index in [-0.39, 0.29) is 10.6 Å². The van der Waals surface area contributed by atoms with Crippen molar-refractivity contribution in [2.24, 2.45) is 11.8 Å². The molecule has 1 aromatic rings. The van der Waals surface area contributed by atoms with Gasteiger partial charge >= 0.3 is 12.1 Å². The number of aliphatic carboxylic acids is 1. The van der Waals surface area contributed by atoms with Crippen LogP contribution in [0.15, 0.2) is 18.2 Å². The van der Waals surface area contributed by atoms with Crippen LogP contribution in [0.5, 0.6) is 0 Å². The number of alkyl halides is 3. The Morgan fingerprint density at radius 2 is 2.04 bits per heavy atom. The normalized spacial score (nSPS) is 21.0. The van der Waals surface area contributed by atoms with Crippen LogP contribution in [0.4, 0.5) is 18.9 Å². The number of carbonyl (C=O) groups is 2. The maximum atomic E-state index is 13.0. The number of carbonyl (C=O) groups excluding carboxylic acids is 1. The molecule has 0 bridgehead atoms. The molecule has 0 unspecified atom stereocenters. The van der Waals surface area contributed by atoms with E-state index >= 15 is 0 Å². The minimum atomic E-state index is -4.68. The summed E-state index contributed by atoms with van der Waals surface area (Å²) in [6.07, 6.45) is -4.68. The minimum absolute atomic E-state index is 0.122. The van der Waals surface area contributed by atoms with E-state index in [0.717, 1.165) is 4.90 Å². The summed E-state index contributed by atoms with van der Waals surface area (Å²) >= 11 is 5.88. The van der Waals surface area contributed by atoms with Gasteiger partial charge < -0.3 is 15.3 Å². The average Bonchev–Trinajstić information content (AvgIpc) is 2.94. The van der Waals surface area contributed by atoms with E-state index in [9.17, 15) is 22.8 Å². The lowest BCUT2D eigenvalue weighted by molar-refractivity contribution is -0.187. The monoisotopic (exact) mass is 364 g/mol. The Morgan fingerprint density at radius 1 is 1.38 bits per heavy atom. The Kier molecular flexibility index (Phi) is 5.27. The van der Waals surface area contributed by atoms with Crippen LogP contribution in [0, 0.1) is 11.8 Å². The molecule has 1 aliphatic rings. The van der Waals surface area contributed by atoms with Crippen molar-refractivity contribution in [3.05, 3.63) is 28.8 Å². The predicted molar refractivity (Wildman–Crippen MR) is 82.2 cm³/mol. The van der Waals surface area contributed by atoms with Crippen molar-refractivity contribution in [1.82, 2.24) is 4.90 Å². The highest BCUT2D eigenvalue weighted by Crippen LogP contribution is 2.38. The number of benzene rings is 1. The zero-order chi connectivity index (χ0) is 18.1. The number of nitrogens with one attached hydrogen (secondary N) is 1.